The van der Waals surface area contributed by atoms with Crippen LogP contribution in [0.1, 0.15) is 32.3 Å². The van der Waals surface area contributed by atoms with Crippen LogP contribution < -0.4 is 4.90 Å². The number of hydrogen-bond donors (Lipinski definition) is 2. The number of carboxylic acids is 1. The molecule has 0 unspecified atom stereocenters. The zero-order valence-corrected chi connectivity index (χ0v) is 14.7. The zero-order chi connectivity index (χ0) is 17.7. The van der Waals surface area contributed by atoms with Gasteiger partial charge in [-0.1, -0.05) is 13.8 Å². The smallest absolute Gasteiger partial charge is 0.323 e. The Hall–Kier alpha value is -1.73. The Morgan fingerprint density at radius 2 is 1.92 bits per heavy atom. The Kier molecular flexibility index (Phi) is 6.51. The molecule has 0 amide bonds. The van der Waals surface area contributed by atoms with Gasteiger partial charge >= 0.3 is 5.97 Å². The number of aromatic nitrogens is 2. The van der Waals surface area contributed by atoms with E-state index in [0.717, 1.165) is 38.0 Å². The van der Waals surface area contributed by atoms with E-state index in [4.69, 9.17) is 5.11 Å². The van der Waals surface area contributed by atoms with Crippen molar-refractivity contribution in [2.45, 2.75) is 39.3 Å². The van der Waals surface area contributed by atoms with Crippen LogP contribution in [0.4, 0.5) is 5.95 Å². The highest BCUT2D eigenvalue weighted by Gasteiger charge is 2.27. The molecule has 1 fully saturated rings. The van der Waals surface area contributed by atoms with Gasteiger partial charge in [0.25, 0.3) is 0 Å². The van der Waals surface area contributed by atoms with Crippen molar-refractivity contribution in [3.63, 3.8) is 0 Å². The average molecular weight is 336 g/mol. The molecule has 0 saturated carbocycles. The lowest BCUT2D eigenvalue weighted by Crippen LogP contribution is -2.39. The zero-order valence-electron chi connectivity index (χ0n) is 14.7. The maximum absolute atomic E-state index is 10.7. The average Bonchev–Trinajstić information content (AvgIpc) is 2.55. The van der Waals surface area contributed by atoms with Gasteiger partial charge in [0.2, 0.25) is 5.95 Å². The number of carbonyl (C=O) groups is 1. The molecule has 2 heterocycles. The molecule has 2 rings (SSSR count). The second-order valence-electron chi connectivity index (χ2n) is 6.99. The number of rotatable bonds is 7. The lowest BCUT2D eigenvalue weighted by Gasteiger charge is -2.35. The van der Waals surface area contributed by atoms with Gasteiger partial charge in [0.15, 0.2) is 0 Å². The van der Waals surface area contributed by atoms with Crippen LogP contribution >= 0.6 is 0 Å². The minimum absolute atomic E-state index is 0.120. The van der Waals surface area contributed by atoms with Crippen LogP contribution in [0.5, 0.6) is 0 Å². The minimum atomic E-state index is -0.906. The van der Waals surface area contributed by atoms with Crippen molar-refractivity contribution in [3.05, 3.63) is 18.0 Å². The largest absolute Gasteiger partial charge is 0.480 e. The van der Waals surface area contributed by atoms with Crippen molar-refractivity contribution < 1.29 is 15.0 Å². The third kappa shape index (κ3) is 5.14. The topological polar surface area (TPSA) is 89.8 Å². The van der Waals surface area contributed by atoms with Crippen molar-refractivity contribution in [1.82, 2.24) is 14.9 Å². The lowest BCUT2D eigenvalue weighted by molar-refractivity contribution is -0.135. The van der Waals surface area contributed by atoms with Gasteiger partial charge in [-0.05, 0) is 37.8 Å². The summed E-state index contributed by atoms with van der Waals surface area (Å²) >= 11 is 0. The third-order valence-electron chi connectivity index (χ3n) is 4.61. The molecule has 0 aliphatic carbocycles. The molecule has 7 heteroatoms. The molecule has 1 aliphatic heterocycles. The number of aliphatic hydroxyl groups is 1. The number of likely N-dealkylation sites (N-methyl/N-ethyl adjacent to an activating group) is 1. The summed E-state index contributed by atoms with van der Waals surface area (Å²) in [5.74, 6) is 0.214. The van der Waals surface area contributed by atoms with E-state index < -0.39 is 5.97 Å². The highest BCUT2D eigenvalue weighted by Crippen LogP contribution is 2.25. The first kappa shape index (κ1) is 18.6. The Morgan fingerprint density at radius 3 is 2.42 bits per heavy atom. The second-order valence-corrected chi connectivity index (χ2v) is 6.99. The maximum atomic E-state index is 10.7. The molecule has 1 aromatic heterocycles. The van der Waals surface area contributed by atoms with E-state index in [1.807, 2.05) is 0 Å². The standard InChI is InChI=1S/C17H28N4O3/c1-12(2)16(24)14-4-6-21(7-5-14)10-13-8-18-17(19-9-13)20(3)11-15(22)23/h8-9,12,14,16,24H,4-7,10-11H2,1-3H3,(H,22,23)/t16-/m0/s1. The number of likely N-dealkylation sites (tertiary alicyclic amines) is 1. The van der Waals surface area contributed by atoms with E-state index >= 15 is 0 Å². The second kappa shape index (κ2) is 8.39. The molecule has 0 aromatic carbocycles. The fourth-order valence-corrected chi connectivity index (χ4v) is 3.16. The molecular formula is C17H28N4O3. The molecule has 0 radical (unpaired) electrons. The molecule has 2 N–H and O–H groups in total. The van der Waals surface area contributed by atoms with E-state index in [9.17, 15) is 9.90 Å². The molecule has 7 nitrogen and oxygen atoms in total. The molecule has 0 bridgehead atoms. The summed E-state index contributed by atoms with van der Waals surface area (Å²) in [6.07, 6.45) is 5.34. The highest BCUT2D eigenvalue weighted by atomic mass is 16.4. The lowest BCUT2D eigenvalue weighted by atomic mass is 9.85. The van der Waals surface area contributed by atoms with Gasteiger partial charge in [0.1, 0.15) is 6.54 Å². The fraction of sp³-hybridized carbons (Fsp3) is 0.706. The summed E-state index contributed by atoms with van der Waals surface area (Å²) in [6, 6.07) is 0. The van der Waals surface area contributed by atoms with Crippen LogP contribution in [-0.2, 0) is 11.3 Å². The highest BCUT2D eigenvalue weighted by molar-refractivity contribution is 5.72. The van der Waals surface area contributed by atoms with Gasteiger partial charge in [-0.2, -0.15) is 0 Å². The van der Waals surface area contributed by atoms with Gasteiger partial charge < -0.3 is 15.1 Å². The van der Waals surface area contributed by atoms with Gasteiger partial charge in [-0.3, -0.25) is 9.69 Å². The van der Waals surface area contributed by atoms with Crippen LogP contribution in [0.3, 0.4) is 0 Å². The van der Waals surface area contributed by atoms with Crippen molar-refractivity contribution >= 4 is 11.9 Å². The van der Waals surface area contributed by atoms with Crippen molar-refractivity contribution in [1.29, 1.82) is 0 Å². The van der Waals surface area contributed by atoms with Gasteiger partial charge in [-0.15, -0.1) is 0 Å². The Balaban J connectivity index is 1.84. The van der Waals surface area contributed by atoms with E-state index in [-0.39, 0.29) is 12.6 Å². The molecule has 1 saturated heterocycles. The number of aliphatic hydroxyl groups excluding tert-OH is 1. The Labute approximate surface area is 143 Å². The molecule has 134 valence electrons. The predicted molar refractivity (Wildman–Crippen MR) is 91.8 cm³/mol. The Morgan fingerprint density at radius 1 is 1.33 bits per heavy atom. The molecule has 24 heavy (non-hydrogen) atoms. The molecule has 0 spiro atoms. The number of aliphatic carboxylic acids is 1. The normalized spacial score (nSPS) is 17.9. The summed E-state index contributed by atoms with van der Waals surface area (Å²) in [5, 5.41) is 19.0. The van der Waals surface area contributed by atoms with E-state index in [1.54, 1.807) is 19.4 Å². The molecule has 1 aromatic rings. The monoisotopic (exact) mass is 336 g/mol. The quantitative estimate of drug-likeness (QED) is 0.774. The van der Waals surface area contributed by atoms with E-state index in [0.29, 0.717) is 17.8 Å². The molecule has 1 aliphatic rings. The first-order valence-electron chi connectivity index (χ1n) is 8.51. The van der Waals surface area contributed by atoms with E-state index in [2.05, 4.69) is 28.7 Å². The van der Waals surface area contributed by atoms with Crippen molar-refractivity contribution in [3.8, 4) is 0 Å². The van der Waals surface area contributed by atoms with Crippen LogP contribution in [0.2, 0.25) is 0 Å². The summed E-state index contributed by atoms with van der Waals surface area (Å²) in [5.41, 5.74) is 1.02. The van der Waals surface area contributed by atoms with Crippen LogP contribution in [0, 0.1) is 11.8 Å². The first-order valence-corrected chi connectivity index (χ1v) is 8.51. The fourth-order valence-electron chi connectivity index (χ4n) is 3.16. The van der Waals surface area contributed by atoms with Crippen molar-refractivity contribution in [2.24, 2.45) is 11.8 Å². The molecule has 1 atom stereocenters. The van der Waals surface area contributed by atoms with Crippen LogP contribution in [0.25, 0.3) is 0 Å². The summed E-state index contributed by atoms with van der Waals surface area (Å²) in [7, 11) is 1.66. The van der Waals surface area contributed by atoms with Gasteiger partial charge in [-0.25, -0.2) is 9.97 Å². The first-order chi connectivity index (χ1) is 11.4. The summed E-state index contributed by atoms with van der Waals surface area (Å²) in [4.78, 5) is 23.1. The summed E-state index contributed by atoms with van der Waals surface area (Å²) in [6.45, 7) is 6.73. The van der Waals surface area contributed by atoms with Gasteiger partial charge in [0, 0.05) is 31.5 Å². The van der Waals surface area contributed by atoms with Crippen LogP contribution in [0.15, 0.2) is 12.4 Å². The minimum Gasteiger partial charge on any atom is -0.480 e. The van der Waals surface area contributed by atoms with Crippen LogP contribution in [-0.4, -0.2) is 63.8 Å². The number of carboxylic acid groups (broad SMARTS) is 1. The Bertz CT molecular complexity index is 527. The van der Waals surface area contributed by atoms with E-state index in [1.165, 1.54) is 4.90 Å². The number of piperidine rings is 1. The number of nitrogens with zero attached hydrogens (tertiary/aromatic N) is 4. The SMILES string of the molecule is CC(C)[C@H](O)C1CCN(Cc2cnc(N(C)CC(=O)O)nc2)CC1. The third-order valence-corrected chi connectivity index (χ3v) is 4.61. The maximum Gasteiger partial charge on any atom is 0.323 e. The van der Waals surface area contributed by atoms with Crippen molar-refractivity contribution in [2.75, 3.05) is 31.6 Å². The number of anilines is 1. The molecular weight excluding hydrogens is 308 g/mol. The summed E-state index contributed by atoms with van der Waals surface area (Å²) < 4.78 is 0. The predicted octanol–water partition coefficient (Wildman–Crippen LogP) is 1.23. The van der Waals surface area contributed by atoms with Gasteiger partial charge in [0.05, 0.1) is 6.10 Å². The number of hydrogen-bond acceptors (Lipinski definition) is 6.